The van der Waals surface area contributed by atoms with Crippen molar-refractivity contribution in [3.63, 3.8) is 0 Å². The number of carbonyl (C=O) groups excluding carboxylic acids is 1. The van der Waals surface area contributed by atoms with Gasteiger partial charge in [0.2, 0.25) is 17.2 Å². The minimum atomic E-state index is -2.14. The smallest absolute Gasteiger partial charge is 0.311 e. The largest absolute Gasteiger partial charge is 0.459 e. The van der Waals surface area contributed by atoms with Crippen LogP contribution < -0.4 is 5.56 Å². The predicted molar refractivity (Wildman–Crippen MR) is 158 cm³/mol. The number of aliphatic hydroxyl groups is 5. The summed E-state index contributed by atoms with van der Waals surface area (Å²) in [5.74, 6) is -11.3. The molecule has 2 heterocycles. The van der Waals surface area contributed by atoms with Crippen LogP contribution in [0.1, 0.15) is 67.7 Å². The van der Waals surface area contributed by atoms with E-state index in [-0.39, 0.29) is 44.8 Å². The Morgan fingerprint density at radius 1 is 0.891 bits per heavy atom. The maximum Gasteiger partial charge on any atom is 0.311 e. The summed E-state index contributed by atoms with van der Waals surface area (Å²) >= 11 is 0. The first kappa shape index (κ1) is 37.9. The Morgan fingerprint density at radius 2 is 1.48 bits per heavy atom. The molecule has 10 atom stereocenters. The van der Waals surface area contributed by atoms with Crippen LogP contribution in [0.25, 0.3) is 11.0 Å². The van der Waals surface area contributed by atoms with Gasteiger partial charge in [-0.05, 0) is 52.9 Å². The summed E-state index contributed by atoms with van der Waals surface area (Å²) < 4.78 is 67.1. The summed E-state index contributed by atoms with van der Waals surface area (Å²) in [5, 5.41) is 55.0. The molecule has 0 saturated carbocycles. The Labute approximate surface area is 264 Å². The highest BCUT2D eigenvalue weighted by Crippen LogP contribution is 2.33. The predicted octanol–water partition coefficient (Wildman–Crippen LogP) is 2.45. The van der Waals surface area contributed by atoms with E-state index in [4.69, 9.17) is 9.26 Å². The average molecular weight is 667 g/mol. The Hall–Kier alpha value is -2.56. The van der Waals surface area contributed by atoms with E-state index in [1.807, 2.05) is 0 Å². The molecule has 15 heteroatoms. The molecule has 0 aliphatic carbocycles. The summed E-state index contributed by atoms with van der Waals surface area (Å²) in [4.78, 5) is 27.4. The molecule has 0 unspecified atom stereocenters. The zero-order chi connectivity index (χ0) is 35.0. The summed E-state index contributed by atoms with van der Waals surface area (Å²) in [6, 6.07) is -0.849. The number of fused-ring (bicyclic) bond motifs is 1. The van der Waals surface area contributed by atoms with Gasteiger partial charge in [-0.15, -0.1) is 0 Å². The van der Waals surface area contributed by atoms with Crippen molar-refractivity contribution in [3.05, 3.63) is 33.6 Å². The molecule has 3 rings (SSSR count). The second kappa shape index (κ2) is 14.3. The number of esters is 1. The van der Waals surface area contributed by atoms with Gasteiger partial charge in [0.05, 0.1) is 30.3 Å². The lowest BCUT2D eigenvalue weighted by Crippen LogP contribution is -2.59. The van der Waals surface area contributed by atoms with E-state index >= 15 is 0 Å². The van der Waals surface area contributed by atoms with E-state index in [9.17, 15) is 52.7 Å². The summed E-state index contributed by atoms with van der Waals surface area (Å²) in [5.41, 5.74) is -6.01. The van der Waals surface area contributed by atoms with Crippen LogP contribution in [0.5, 0.6) is 0 Å². The molecule has 0 bridgehead atoms. The highest BCUT2D eigenvalue weighted by molar-refractivity contribution is 5.77. The minimum Gasteiger partial charge on any atom is -0.459 e. The van der Waals surface area contributed by atoms with E-state index in [1.165, 1.54) is 27.7 Å². The van der Waals surface area contributed by atoms with Crippen molar-refractivity contribution >= 4 is 16.9 Å². The lowest BCUT2D eigenvalue weighted by molar-refractivity contribution is -0.193. The van der Waals surface area contributed by atoms with E-state index in [0.717, 1.165) is 0 Å². The first-order valence-corrected chi connectivity index (χ1v) is 15.5. The maximum absolute atomic E-state index is 14.3. The van der Waals surface area contributed by atoms with E-state index in [2.05, 4.69) is 0 Å². The number of benzene rings is 1. The minimum absolute atomic E-state index is 0.00998. The molecule has 1 aromatic carbocycles. The van der Waals surface area contributed by atoms with Crippen LogP contribution in [0, 0.1) is 41.0 Å². The van der Waals surface area contributed by atoms with Crippen molar-refractivity contribution in [2.45, 2.75) is 116 Å². The van der Waals surface area contributed by atoms with Crippen molar-refractivity contribution < 1.29 is 57.1 Å². The molecule has 0 amide bonds. The molecule has 2 aromatic rings. The molecule has 1 aliphatic rings. The van der Waals surface area contributed by atoms with Crippen molar-refractivity contribution in [1.82, 2.24) is 9.64 Å². The SMILES string of the molecule is CC[C@H]1OC(=O)[C@H](C)[C@@H](O)[C@H](C)[C@@H](O)[C@](C)(O)C[C@@H](C)CN(CCCn2oc3c(F)c(F)c(F)c(F)c3c2=O)[C@H](C)[C@@H](O)[C@]1(C)O. The van der Waals surface area contributed by atoms with Gasteiger partial charge in [0.1, 0.15) is 23.2 Å². The Morgan fingerprint density at radius 3 is 2.07 bits per heavy atom. The summed E-state index contributed by atoms with van der Waals surface area (Å²) in [6.07, 6.45) is -5.45. The average Bonchev–Trinajstić information content (AvgIpc) is 3.33. The molecular formula is C31H46F4N2O9. The zero-order valence-electron chi connectivity index (χ0n) is 27.1. The fraction of sp³-hybridized carbons (Fsp3) is 0.742. The van der Waals surface area contributed by atoms with Crippen molar-refractivity contribution in [3.8, 4) is 0 Å². The Bertz CT molecular complexity index is 1450. The molecule has 1 fully saturated rings. The summed E-state index contributed by atoms with van der Waals surface area (Å²) in [7, 11) is 0. The lowest BCUT2D eigenvalue weighted by Gasteiger charge is -2.43. The lowest BCUT2D eigenvalue weighted by atomic mass is 9.78. The topological polar surface area (TPSA) is 166 Å². The second-order valence-corrected chi connectivity index (χ2v) is 13.3. The van der Waals surface area contributed by atoms with Gasteiger partial charge in [-0.25, -0.2) is 13.2 Å². The van der Waals surface area contributed by atoms with E-state index < -0.39 is 99.3 Å². The van der Waals surface area contributed by atoms with Crippen LogP contribution >= 0.6 is 0 Å². The zero-order valence-corrected chi connectivity index (χ0v) is 27.1. The van der Waals surface area contributed by atoms with Gasteiger partial charge in [0, 0.05) is 25.0 Å². The van der Waals surface area contributed by atoms with Gasteiger partial charge >= 0.3 is 5.97 Å². The number of carbonyl (C=O) groups is 1. The van der Waals surface area contributed by atoms with Crippen LogP contribution in [0.2, 0.25) is 0 Å². The van der Waals surface area contributed by atoms with Crippen LogP contribution in [-0.4, -0.2) is 95.9 Å². The van der Waals surface area contributed by atoms with Gasteiger partial charge in [-0.3, -0.25) is 14.5 Å². The number of aliphatic hydroxyl groups excluding tert-OH is 3. The number of rotatable bonds is 5. The Kier molecular flexibility index (Phi) is 11.8. The number of aryl methyl sites for hydroxylation is 1. The monoisotopic (exact) mass is 666 g/mol. The number of halogens is 4. The number of aromatic nitrogens is 1. The molecule has 0 radical (unpaired) electrons. The quantitative estimate of drug-likeness (QED) is 0.139. The molecule has 1 aromatic heterocycles. The third kappa shape index (κ3) is 7.29. The molecular weight excluding hydrogens is 620 g/mol. The first-order chi connectivity index (χ1) is 21.2. The van der Waals surface area contributed by atoms with Gasteiger partial charge in [-0.2, -0.15) is 9.13 Å². The van der Waals surface area contributed by atoms with Crippen LogP contribution in [0.15, 0.2) is 9.32 Å². The molecule has 5 N–H and O–H groups in total. The normalized spacial score (nSPS) is 36.0. The van der Waals surface area contributed by atoms with Gasteiger partial charge in [-0.1, -0.05) is 20.8 Å². The van der Waals surface area contributed by atoms with Crippen molar-refractivity contribution in [2.24, 2.45) is 17.8 Å². The molecule has 1 aliphatic heterocycles. The van der Waals surface area contributed by atoms with Crippen LogP contribution in [0.4, 0.5) is 17.6 Å². The molecule has 262 valence electrons. The van der Waals surface area contributed by atoms with E-state index in [0.29, 0.717) is 4.74 Å². The highest BCUT2D eigenvalue weighted by atomic mass is 19.2. The van der Waals surface area contributed by atoms with Crippen LogP contribution in [0.3, 0.4) is 0 Å². The molecule has 1 saturated heterocycles. The second-order valence-electron chi connectivity index (χ2n) is 13.3. The Balaban J connectivity index is 1.96. The van der Waals surface area contributed by atoms with Gasteiger partial charge in [0.15, 0.2) is 11.6 Å². The number of cyclic esters (lactones) is 1. The van der Waals surface area contributed by atoms with Gasteiger partial charge in [0.25, 0.3) is 5.56 Å². The first-order valence-electron chi connectivity index (χ1n) is 15.5. The fourth-order valence-corrected chi connectivity index (χ4v) is 6.57. The number of ether oxygens (including phenoxy) is 1. The third-order valence-corrected chi connectivity index (χ3v) is 9.45. The highest BCUT2D eigenvalue weighted by Gasteiger charge is 2.47. The van der Waals surface area contributed by atoms with Crippen molar-refractivity contribution in [2.75, 3.05) is 13.1 Å². The van der Waals surface area contributed by atoms with E-state index in [1.54, 1.807) is 25.7 Å². The van der Waals surface area contributed by atoms with Crippen LogP contribution in [-0.2, 0) is 16.1 Å². The third-order valence-electron chi connectivity index (χ3n) is 9.45. The maximum atomic E-state index is 14.3. The molecule has 11 nitrogen and oxygen atoms in total. The number of nitrogens with zero attached hydrogens (tertiary/aromatic N) is 2. The molecule has 46 heavy (non-hydrogen) atoms. The fourth-order valence-electron chi connectivity index (χ4n) is 6.57. The molecule has 0 spiro atoms. The number of hydrogen-bond acceptors (Lipinski definition) is 10. The van der Waals surface area contributed by atoms with Gasteiger partial charge < -0.3 is 34.8 Å². The standard InChI is InChI=1S/C31H46F4N2O9/c1-8-18-31(7,44)27(40)17(5)36(10-9-11-37-28(41)19-20(32)21(33)22(34)23(35)25(19)46-37)13-14(2)12-30(6,43)26(39)15(3)24(38)16(4)29(42)45-18/h14-18,24,26-27,38-40,43-44H,8-13H2,1-7H3/t14-,15+,16-,17-,18-,24+,26-,27-,30-,31-/m1/s1. The summed E-state index contributed by atoms with van der Waals surface area (Å²) in [6.45, 7) is 10.5. The number of hydrogen-bond donors (Lipinski definition) is 5. The van der Waals surface area contributed by atoms with Crippen molar-refractivity contribution in [1.29, 1.82) is 0 Å².